The van der Waals surface area contributed by atoms with Crippen molar-refractivity contribution < 1.29 is 23.9 Å². The summed E-state index contributed by atoms with van der Waals surface area (Å²) in [6.07, 6.45) is 10.9. The topological polar surface area (TPSA) is 69.7 Å². The fraction of sp³-hybridized carbons (Fsp3) is 0.323. The fourth-order valence-electron chi connectivity index (χ4n) is 2.99. The highest BCUT2D eigenvalue weighted by Crippen LogP contribution is 2.11. The molecule has 2 aromatic carbocycles. The number of esters is 3. The molecule has 0 amide bonds. The lowest BCUT2D eigenvalue weighted by Gasteiger charge is -2.02. The molecular weight excluding hydrogens is 452 g/mol. The van der Waals surface area contributed by atoms with Crippen molar-refractivity contribution in [3.8, 4) is 0 Å². The molecular formula is C31H38O5. The van der Waals surface area contributed by atoms with Crippen LogP contribution in [0.15, 0.2) is 95.6 Å². The Labute approximate surface area is 215 Å². The van der Waals surface area contributed by atoms with E-state index in [9.17, 15) is 14.4 Å². The first-order valence-corrected chi connectivity index (χ1v) is 12.1. The zero-order valence-electron chi connectivity index (χ0n) is 22.1. The predicted octanol–water partition coefficient (Wildman–Crippen LogP) is 7.65. The first-order valence-electron chi connectivity index (χ1n) is 12.1. The highest BCUT2D eigenvalue weighted by Gasteiger charge is 2.13. The minimum Gasteiger partial charge on any atom is -0.462 e. The lowest BCUT2D eigenvalue weighted by atomic mass is 10.1. The van der Waals surface area contributed by atoms with Gasteiger partial charge in [0.25, 0.3) is 0 Å². The molecule has 0 unspecified atom stereocenters. The Bertz CT molecular complexity index is 993. The van der Waals surface area contributed by atoms with Crippen LogP contribution in [0.2, 0.25) is 0 Å². The summed E-state index contributed by atoms with van der Waals surface area (Å²) in [5.74, 6) is -1.50. The number of hydrogen-bond acceptors (Lipinski definition) is 5. The number of carbonyl (C=O) groups excluding carboxylic acids is 3. The maximum absolute atomic E-state index is 11.6. The molecule has 0 saturated carbocycles. The third-order valence-corrected chi connectivity index (χ3v) is 5.05. The summed E-state index contributed by atoms with van der Waals surface area (Å²) in [4.78, 5) is 33.8. The third-order valence-electron chi connectivity index (χ3n) is 5.05. The van der Waals surface area contributed by atoms with Gasteiger partial charge in [-0.1, -0.05) is 65.3 Å². The first kappa shape index (κ1) is 30.3. The van der Waals surface area contributed by atoms with Gasteiger partial charge in [-0.05, 0) is 83.7 Å². The van der Waals surface area contributed by atoms with Gasteiger partial charge in [0.2, 0.25) is 0 Å². The lowest BCUT2D eigenvalue weighted by molar-refractivity contribution is -0.139. The summed E-state index contributed by atoms with van der Waals surface area (Å²) in [6, 6.07) is 16.8. The van der Waals surface area contributed by atoms with Crippen LogP contribution < -0.4 is 0 Å². The number of allylic oxidation sites excluding steroid dienone is 5. The predicted molar refractivity (Wildman–Crippen MR) is 145 cm³/mol. The SMILES string of the molecule is CC(=O)OCC=C(C)CCC=C(C)CCC=C(C)C.O=C(OC(=O)c1ccccc1)c1ccccc1. The second-order valence-electron chi connectivity index (χ2n) is 8.67. The molecule has 0 radical (unpaired) electrons. The Kier molecular flexibility index (Phi) is 14.9. The maximum atomic E-state index is 11.6. The van der Waals surface area contributed by atoms with Crippen LogP contribution in [0.3, 0.4) is 0 Å². The van der Waals surface area contributed by atoms with Crippen molar-refractivity contribution in [1.82, 2.24) is 0 Å². The summed E-state index contributed by atoms with van der Waals surface area (Å²) >= 11 is 0. The van der Waals surface area contributed by atoms with Crippen LogP contribution in [0.4, 0.5) is 0 Å². The van der Waals surface area contributed by atoms with Crippen molar-refractivity contribution in [2.24, 2.45) is 0 Å². The molecule has 36 heavy (non-hydrogen) atoms. The molecule has 192 valence electrons. The number of rotatable bonds is 10. The van der Waals surface area contributed by atoms with Crippen molar-refractivity contribution in [3.05, 3.63) is 107 Å². The van der Waals surface area contributed by atoms with E-state index in [0.29, 0.717) is 17.7 Å². The van der Waals surface area contributed by atoms with E-state index in [-0.39, 0.29) is 5.97 Å². The van der Waals surface area contributed by atoms with Gasteiger partial charge in [0.1, 0.15) is 6.61 Å². The molecule has 0 heterocycles. The van der Waals surface area contributed by atoms with Gasteiger partial charge in [-0.15, -0.1) is 0 Å². The zero-order valence-corrected chi connectivity index (χ0v) is 22.1. The smallest absolute Gasteiger partial charge is 0.346 e. The van der Waals surface area contributed by atoms with E-state index in [2.05, 4.69) is 39.8 Å². The van der Waals surface area contributed by atoms with Crippen LogP contribution in [0, 0.1) is 0 Å². The minimum absolute atomic E-state index is 0.223. The maximum Gasteiger partial charge on any atom is 0.346 e. The first-order chi connectivity index (χ1) is 17.2. The van der Waals surface area contributed by atoms with Crippen molar-refractivity contribution in [3.63, 3.8) is 0 Å². The third kappa shape index (κ3) is 14.5. The monoisotopic (exact) mass is 490 g/mol. The second kappa shape index (κ2) is 17.7. The Morgan fingerprint density at radius 1 is 0.639 bits per heavy atom. The molecule has 0 aliphatic heterocycles. The molecule has 0 aliphatic carbocycles. The lowest BCUT2D eigenvalue weighted by Crippen LogP contribution is -2.12. The molecule has 0 N–H and O–H groups in total. The van der Waals surface area contributed by atoms with Crippen LogP contribution in [0.25, 0.3) is 0 Å². The standard InChI is InChI=1S/C17H28O2.C14H10O3/c1-14(2)8-6-9-15(3)10-7-11-16(4)12-13-19-17(5)18;15-13(11-7-3-1-4-8-11)17-14(16)12-9-5-2-6-10-12/h8,10,12H,6-7,9,11,13H2,1-5H3;1-10H. The van der Waals surface area contributed by atoms with Gasteiger partial charge in [-0.25, -0.2) is 9.59 Å². The molecule has 0 fully saturated rings. The van der Waals surface area contributed by atoms with Crippen LogP contribution in [-0.2, 0) is 14.3 Å². The molecule has 0 bridgehead atoms. The van der Waals surface area contributed by atoms with Crippen LogP contribution in [0.1, 0.15) is 81.0 Å². The fourth-order valence-corrected chi connectivity index (χ4v) is 2.99. The summed E-state index contributed by atoms with van der Waals surface area (Å²) < 4.78 is 9.62. The van der Waals surface area contributed by atoms with Gasteiger partial charge in [0.15, 0.2) is 0 Å². The van der Waals surface area contributed by atoms with Gasteiger partial charge in [-0.3, -0.25) is 4.79 Å². The molecule has 0 aliphatic rings. The highest BCUT2D eigenvalue weighted by atomic mass is 16.6. The summed E-state index contributed by atoms with van der Waals surface area (Å²) in [6.45, 7) is 10.4. The number of carbonyl (C=O) groups is 3. The summed E-state index contributed by atoms with van der Waals surface area (Å²) in [5.41, 5.74) is 4.82. The Morgan fingerprint density at radius 3 is 1.53 bits per heavy atom. The summed E-state index contributed by atoms with van der Waals surface area (Å²) in [7, 11) is 0. The molecule has 0 saturated heterocycles. The van der Waals surface area contributed by atoms with Gasteiger partial charge in [0.05, 0.1) is 11.1 Å². The molecule has 2 aromatic rings. The van der Waals surface area contributed by atoms with Crippen LogP contribution in [-0.4, -0.2) is 24.5 Å². The second-order valence-corrected chi connectivity index (χ2v) is 8.67. The number of ether oxygens (including phenoxy) is 2. The average Bonchev–Trinajstić information content (AvgIpc) is 2.85. The number of hydrogen-bond donors (Lipinski definition) is 0. The van der Waals surface area contributed by atoms with E-state index >= 15 is 0 Å². The normalized spacial score (nSPS) is 11.0. The molecule has 0 aromatic heterocycles. The Morgan fingerprint density at radius 2 is 1.08 bits per heavy atom. The minimum atomic E-state index is -0.639. The van der Waals surface area contributed by atoms with Gasteiger partial charge in [0, 0.05) is 6.92 Å². The zero-order chi connectivity index (χ0) is 26.8. The molecule has 5 heteroatoms. The van der Waals surface area contributed by atoms with Crippen LogP contribution >= 0.6 is 0 Å². The summed E-state index contributed by atoms with van der Waals surface area (Å²) in [5, 5.41) is 0. The molecule has 0 spiro atoms. The molecule has 2 rings (SSSR count). The van der Waals surface area contributed by atoms with Crippen molar-refractivity contribution >= 4 is 17.9 Å². The van der Waals surface area contributed by atoms with E-state index in [1.54, 1.807) is 60.7 Å². The highest BCUT2D eigenvalue weighted by molar-refractivity contribution is 6.02. The van der Waals surface area contributed by atoms with E-state index < -0.39 is 11.9 Å². The van der Waals surface area contributed by atoms with E-state index in [1.165, 1.54) is 23.6 Å². The quantitative estimate of drug-likeness (QED) is 0.194. The van der Waals surface area contributed by atoms with Crippen molar-refractivity contribution in [1.29, 1.82) is 0 Å². The van der Waals surface area contributed by atoms with Crippen LogP contribution in [0.5, 0.6) is 0 Å². The Balaban J connectivity index is 0.000000361. The van der Waals surface area contributed by atoms with Gasteiger partial charge in [-0.2, -0.15) is 0 Å². The van der Waals surface area contributed by atoms with E-state index in [1.807, 2.05) is 6.08 Å². The van der Waals surface area contributed by atoms with Crippen molar-refractivity contribution in [2.45, 2.75) is 60.3 Å². The van der Waals surface area contributed by atoms with Gasteiger partial charge >= 0.3 is 17.9 Å². The molecule has 0 atom stereocenters. The van der Waals surface area contributed by atoms with E-state index in [4.69, 9.17) is 9.47 Å². The number of benzene rings is 2. The van der Waals surface area contributed by atoms with Crippen molar-refractivity contribution in [2.75, 3.05) is 6.61 Å². The average molecular weight is 491 g/mol. The Hall–Kier alpha value is -3.73. The van der Waals surface area contributed by atoms with Gasteiger partial charge < -0.3 is 9.47 Å². The van der Waals surface area contributed by atoms with E-state index in [0.717, 1.165) is 25.7 Å². The largest absolute Gasteiger partial charge is 0.462 e. The molecule has 5 nitrogen and oxygen atoms in total.